The molecule has 0 radical (unpaired) electrons. The van der Waals surface area contributed by atoms with Gasteiger partial charge < -0.3 is 9.47 Å². The normalized spacial score (nSPS) is 12.6. The molecular formula is C23H44O3. The number of carbonyl (C=O) groups is 1. The van der Waals surface area contributed by atoms with Crippen LogP contribution in [0.25, 0.3) is 0 Å². The number of esters is 1. The maximum absolute atomic E-state index is 11.7. The Kier molecular flexibility index (Phi) is 19.8. The minimum absolute atomic E-state index is 0.0640. The molecule has 26 heavy (non-hydrogen) atoms. The van der Waals surface area contributed by atoms with E-state index in [-0.39, 0.29) is 12.8 Å². The monoisotopic (exact) mass is 368 g/mol. The van der Waals surface area contributed by atoms with Crippen LogP contribution in [-0.4, -0.2) is 19.9 Å². The second-order valence-corrected chi connectivity index (χ2v) is 7.41. The zero-order valence-corrected chi connectivity index (χ0v) is 17.8. The van der Waals surface area contributed by atoms with Crippen molar-refractivity contribution in [2.45, 2.75) is 110 Å². The van der Waals surface area contributed by atoms with Gasteiger partial charge in [0.05, 0.1) is 0 Å². The fourth-order valence-electron chi connectivity index (χ4n) is 3.18. The number of ether oxygens (including phenoxy) is 2. The first-order valence-corrected chi connectivity index (χ1v) is 11.1. The maximum Gasteiger partial charge on any atom is 0.307 e. The molecule has 3 heteroatoms. The average molecular weight is 369 g/mol. The molecule has 0 spiro atoms. The van der Waals surface area contributed by atoms with Crippen molar-refractivity contribution < 1.29 is 14.3 Å². The van der Waals surface area contributed by atoms with E-state index in [0.717, 1.165) is 6.42 Å². The topological polar surface area (TPSA) is 35.5 Å². The Balaban J connectivity index is 4.07. The fourth-order valence-corrected chi connectivity index (χ4v) is 3.18. The molecule has 0 bridgehead atoms. The van der Waals surface area contributed by atoms with Crippen LogP contribution in [0.1, 0.15) is 110 Å². The van der Waals surface area contributed by atoms with Gasteiger partial charge >= 0.3 is 5.97 Å². The molecule has 1 atom stereocenters. The summed E-state index contributed by atoms with van der Waals surface area (Å²) in [4.78, 5) is 11.7. The molecule has 0 fully saturated rings. The lowest BCUT2D eigenvalue weighted by Gasteiger charge is -2.12. The van der Waals surface area contributed by atoms with Gasteiger partial charge in [0.2, 0.25) is 0 Å². The zero-order chi connectivity index (χ0) is 19.3. The molecule has 1 unspecified atom stereocenters. The van der Waals surface area contributed by atoms with Gasteiger partial charge in [0.15, 0.2) is 6.79 Å². The summed E-state index contributed by atoms with van der Waals surface area (Å²) in [5.41, 5.74) is 0. The van der Waals surface area contributed by atoms with Crippen molar-refractivity contribution in [2.24, 2.45) is 5.92 Å². The van der Waals surface area contributed by atoms with E-state index in [4.69, 9.17) is 9.47 Å². The third-order valence-electron chi connectivity index (χ3n) is 4.87. The van der Waals surface area contributed by atoms with Gasteiger partial charge in [-0.15, -0.1) is 0 Å². The third kappa shape index (κ3) is 18.0. The Morgan fingerprint density at radius 1 is 0.846 bits per heavy atom. The Labute approximate surface area is 162 Å². The Hall–Kier alpha value is -0.830. The quantitative estimate of drug-likeness (QED) is 0.105. The highest BCUT2D eigenvalue weighted by atomic mass is 16.7. The molecule has 0 saturated heterocycles. The van der Waals surface area contributed by atoms with Crippen LogP contribution in [0.2, 0.25) is 0 Å². The molecule has 0 aliphatic rings. The number of methoxy groups -OCH3 is 1. The van der Waals surface area contributed by atoms with Gasteiger partial charge in [0, 0.05) is 13.5 Å². The zero-order valence-electron chi connectivity index (χ0n) is 17.8. The van der Waals surface area contributed by atoms with Gasteiger partial charge in [0.1, 0.15) is 0 Å². The van der Waals surface area contributed by atoms with Gasteiger partial charge in [-0.05, 0) is 31.6 Å². The van der Waals surface area contributed by atoms with E-state index < -0.39 is 0 Å². The molecule has 0 aromatic carbocycles. The molecule has 0 aromatic heterocycles. The van der Waals surface area contributed by atoms with Gasteiger partial charge in [-0.2, -0.15) is 0 Å². The predicted octanol–water partition coefficient (Wildman–Crippen LogP) is 7.20. The van der Waals surface area contributed by atoms with E-state index in [1.54, 1.807) is 0 Å². The summed E-state index contributed by atoms with van der Waals surface area (Å²) >= 11 is 0. The highest BCUT2D eigenvalue weighted by Crippen LogP contribution is 2.19. The number of hydrogen-bond acceptors (Lipinski definition) is 3. The van der Waals surface area contributed by atoms with Gasteiger partial charge in [-0.3, -0.25) is 4.79 Å². The molecular weight excluding hydrogens is 324 g/mol. The first kappa shape index (κ1) is 25.2. The van der Waals surface area contributed by atoms with Gasteiger partial charge in [-0.25, -0.2) is 0 Å². The number of carbonyl (C=O) groups excluding carboxylic acids is 1. The summed E-state index contributed by atoms with van der Waals surface area (Å²) in [7, 11) is 1.54. The largest absolute Gasteiger partial charge is 0.438 e. The van der Waals surface area contributed by atoms with Crippen LogP contribution in [0.4, 0.5) is 0 Å². The molecule has 0 N–H and O–H groups in total. The molecule has 0 aliphatic heterocycles. The number of hydrogen-bond donors (Lipinski definition) is 0. The molecule has 0 heterocycles. The minimum atomic E-state index is -0.146. The van der Waals surface area contributed by atoms with Crippen LogP contribution in [0, 0.1) is 5.92 Å². The van der Waals surface area contributed by atoms with Crippen LogP contribution in [-0.2, 0) is 14.3 Å². The molecule has 0 aromatic rings. The van der Waals surface area contributed by atoms with E-state index in [2.05, 4.69) is 26.0 Å². The first-order valence-electron chi connectivity index (χ1n) is 11.1. The first-order chi connectivity index (χ1) is 12.7. The number of allylic oxidation sites excluding steroid dienone is 2. The van der Waals surface area contributed by atoms with Crippen molar-refractivity contribution >= 4 is 5.97 Å². The SMILES string of the molecule is CCCCCCC/C=C/C(CCCCCCCC)CCC(=O)OCOC. The van der Waals surface area contributed by atoms with Crippen molar-refractivity contribution in [3.8, 4) is 0 Å². The van der Waals surface area contributed by atoms with E-state index in [0.29, 0.717) is 12.3 Å². The van der Waals surface area contributed by atoms with Crippen LogP contribution in [0.3, 0.4) is 0 Å². The Morgan fingerprint density at radius 2 is 1.46 bits per heavy atom. The Morgan fingerprint density at radius 3 is 2.12 bits per heavy atom. The highest BCUT2D eigenvalue weighted by molar-refractivity contribution is 5.69. The summed E-state index contributed by atoms with van der Waals surface area (Å²) in [5.74, 6) is 0.361. The van der Waals surface area contributed by atoms with Crippen molar-refractivity contribution in [2.75, 3.05) is 13.9 Å². The van der Waals surface area contributed by atoms with E-state index >= 15 is 0 Å². The van der Waals surface area contributed by atoms with Gasteiger partial charge in [0.25, 0.3) is 0 Å². The van der Waals surface area contributed by atoms with Gasteiger partial charge in [-0.1, -0.05) is 90.2 Å². The summed E-state index contributed by atoms with van der Waals surface area (Å²) in [6, 6.07) is 0. The fraction of sp³-hybridized carbons (Fsp3) is 0.870. The molecule has 0 saturated carbocycles. The Bertz CT molecular complexity index is 325. The average Bonchev–Trinajstić information content (AvgIpc) is 2.65. The van der Waals surface area contributed by atoms with Crippen molar-refractivity contribution in [1.82, 2.24) is 0 Å². The van der Waals surface area contributed by atoms with E-state index in [9.17, 15) is 4.79 Å². The predicted molar refractivity (Wildman–Crippen MR) is 111 cm³/mol. The molecule has 3 nitrogen and oxygen atoms in total. The molecule has 0 amide bonds. The van der Waals surface area contributed by atoms with Crippen molar-refractivity contribution in [3.05, 3.63) is 12.2 Å². The minimum Gasteiger partial charge on any atom is -0.438 e. The second-order valence-electron chi connectivity index (χ2n) is 7.41. The third-order valence-corrected chi connectivity index (χ3v) is 4.87. The van der Waals surface area contributed by atoms with Crippen LogP contribution >= 0.6 is 0 Å². The van der Waals surface area contributed by atoms with Crippen LogP contribution in [0.5, 0.6) is 0 Å². The van der Waals surface area contributed by atoms with Crippen LogP contribution in [0.15, 0.2) is 12.2 Å². The van der Waals surface area contributed by atoms with E-state index in [1.807, 2.05) is 0 Å². The maximum atomic E-state index is 11.7. The molecule has 154 valence electrons. The lowest BCUT2D eigenvalue weighted by Crippen LogP contribution is -2.09. The van der Waals surface area contributed by atoms with Crippen molar-refractivity contribution in [3.63, 3.8) is 0 Å². The molecule has 0 aliphatic carbocycles. The van der Waals surface area contributed by atoms with Crippen molar-refractivity contribution in [1.29, 1.82) is 0 Å². The second kappa shape index (κ2) is 20.5. The van der Waals surface area contributed by atoms with E-state index in [1.165, 1.54) is 90.6 Å². The van der Waals surface area contributed by atoms with Crippen LogP contribution < -0.4 is 0 Å². The molecule has 0 rings (SSSR count). The lowest BCUT2D eigenvalue weighted by molar-refractivity contribution is -0.154. The summed E-state index contributed by atoms with van der Waals surface area (Å²) < 4.78 is 9.80. The summed E-state index contributed by atoms with van der Waals surface area (Å²) in [6.45, 7) is 4.57. The summed E-state index contributed by atoms with van der Waals surface area (Å²) in [6.07, 6.45) is 23.0. The number of unbranched alkanes of at least 4 members (excludes halogenated alkanes) is 10. The lowest BCUT2D eigenvalue weighted by atomic mass is 9.94. The standard InChI is InChI=1S/C23H44O3/c1-4-6-8-10-12-14-16-18-22(17-15-13-11-9-7-5-2)19-20-23(24)26-21-25-3/h16,18,22H,4-15,17,19-21H2,1-3H3/b18-16+. The summed E-state index contributed by atoms with van der Waals surface area (Å²) in [5, 5.41) is 0. The number of rotatable bonds is 19. The smallest absolute Gasteiger partial charge is 0.307 e. The highest BCUT2D eigenvalue weighted by Gasteiger charge is 2.09.